The van der Waals surface area contributed by atoms with Crippen molar-refractivity contribution in [2.75, 3.05) is 18.0 Å². The van der Waals surface area contributed by atoms with Crippen LogP contribution in [-0.4, -0.2) is 24.1 Å². The van der Waals surface area contributed by atoms with E-state index in [-0.39, 0.29) is 16.7 Å². The van der Waals surface area contributed by atoms with Crippen molar-refractivity contribution in [2.24, 2.45) is 11.7 Å². The minimum Gasteiger partial charge on any atom is -0.362 e. The van der Waals surface area contributed by atoms with Crippen molar-refractivity contribution in [2.45, 2.75) is 32.2 Å². The number of nitrogens with two attached hydrogens (primary N) is 1. The van der Waals surface area contributed by atoms with E-state index in [0.29, 0.717) is 23.2 Å². The molecule has 0 spiro atoms. The first kappa shape index (κ1) is 15.1. The summed E-state index contributed by atoms with van der Waals surface area (Å²) in [7, 11) is 0. The van der Waals surface area contributed by atoms with Crippen LogP contribution in [0.25, 0.3) is 0 Å². The molecule has 1 aliphatic rings. The van der Waals surface area contributed by atoms with Gasteiger partial charge in [0.25, 0.3) is 5.69 Å². The van der Waals surface area contributed by atoms with Crippen molar-refractivity contribution >= 4 is 23.0 Å². The maximum absolute atomic E-state index is 11.2. The number of nitrogens with zero attached hydrogens (tertiary/aromatic N) is 2. The number of nitro benzene ring substituents is 1. The molecular formula is C14H20ClN3O2. The van der Waals surface area contributed by atoms with Gasteiger partial charge in [0.2, 0.25) is 0 Å². The molecule has 2 atom stereocenters. The Kier molecular flexibility index (Phi) is 4.83. The number of halogens is 1. The first-order valence-corrected chi connectivity index (χ1v) is 7.35. The number of anilines is 1. The average Bonchev–Trinajstić information content (AvgIpc) is 2.46. The molecule has 0 radical (unpaired) electrons. The van der Waals surface area contributed by atoms with Crippen LogP contribution >= 0.6 is 11.6 Å². The van der Waals surface area contributed by atoms with Gasteiger partial charge in [0.05, 0.1) is 4.92 Å². The number of benzene rings is 1. The third kappa shape index (κ3) is 3.04. The van der Waals surface area contributed by atoms with Crippen LogP contribution in [0.2, 0.25) is 5.02 Å². The molecule has 1 aromatic carbocycles. The van der Waals surface area contributed by atoms with Gasteiger partial charge in [-0.15, -0.1) is 0 Å². The monoisotopic (exact) mass is 297 g/mol. The van der Waals surface area contributed by atoms with E-state index < -0.39 is 0 Å². The molecule has 20 heavy (non-hydrogen) atoms. The Labute approximate surface area is 123 Å². The molecule has 0 amide bonds. The summed E-state index contributed by atoms with van der Waals surface area (Å²) >= 11 is 6.01. The van der Waals surface area contributed by atoms with E-state index in [4.69, 9.17) is 17.3 Å². The summed E-state index contributed by atoms with van der Waals surface area (Å²) in [6.45, 7) is 3.47. The zero-order chi connectivity index (χ0) is 14.7. The van der Waals surface area contributed by atoms with E-state index in [9.17, 15) is 10.1 Å². The van der Waals surface area contributed by atoms with E-state index in [1.807, 2.05) is 0 Å². The van der Waals surface area contributed by atoms with Crippen LogP contribution in [0.3, 0.4) is 0 Å². The summed E-state index contributed by atoms with van der Waals surface area (Å²) in [5.41, 5.74) is 6.56. The molecule has 0 bridgehead atoms. The van der Waals surface area contributed by atoms with Gasteiger partial charge in [0, 0.05) is 30.2 Å². The molecule has 2 unspecified atom stereocenters. The minimum absolute atomic E-state index is 0.0998. The molecule has 5 nitrogen and oxygen atoms in total. The number of piperidine rings is 1. The molecule has 0 aliphatic carbocycles. The lowest BCUT2D eigenvalue weighted by Crippen LogP contribution is -2.47. The first-order chi connectivity index (χ1) is 9.56. The second-order valence-corrected chi connectivity index (χ2v) is 5.71. The lowest BCUT2D eigenvalue weighted by atomic mass is 9.88. The van der Waals surface area contributed by atoms with Gasteiger partial charge in [-0.1, -0.05) is 24.9 Å². The van der Waals surface area contributed by atoms with Gasteiger partial charge in [0.15, 0.2) is 0 Å². The highest BCUT2D eigenvalue weighted by Crippen LogP contribution is 2.36. The summed E-state index contributed by atoms with van der Waals surface area (Å²) in [5, 5.41) is 11.7. The Hall–Kier alpha value is -1.33. The normalized spacial score (nSPS) is 22.9. The molecule has 1 aromatic rings. The van der Waals surface area contributed by atoms with Crippen molar-refractivity contribution in [3.63, 3.8) is 0 Å². The molecule has 1 heterocycles. The SMILES string of the molecule is CCC1CCN(c2cc(Cl)ccc2[N+](=O)[O-])C(CN)C1. The number of hydrogen-bond donors (Lipinski definition) is 1. The molecule has 1 aliphatic heterocycles. The molecular weight excluding hydrogens is 278 g/mol. The molecule has 1 fully saturated rings. The van der Waals surface area contributed by atoms with Crippen molar-refractivity contribution in [3.8, 4) is 0 Å². The van der Waals surface area contributed by atoms with E-state index in [1.54, 1.807) is 12.1 Å². The molecule has 110 valence electrons. The lowest BCUT2D eigenvalue weighted by molar-refractivity contribution is -0.384. The van der Waals surface area contributed by atoms with E-state index in [1.165, 1.54) is 6.07 Å². The Balaban J connectivity index is 2.34. The molecule has 1 saturated heterocycles. The third-order valence-electron chi connectivity index (χ3n) is 4.12. The maximum Gasteiger partial charge on any atom is 0.292 e. The van der Waals surface area contributed by atoms with Gasteiger partial charge in [-0.25, -0.2) is 0 Å². The Bertz CT molecular complexity index is 495. The number of hydrogen-bond acceptors (Lipinski definition) is 4. The number of rotatable bonds is 4. The largest absolute Gasteiger partial charge is 0.362 e. The first-order valence-electron chi connectivity index (χ1n) is 6.97. The van der Waals surface area contributed by atoms with Gasteiger partial charge in [0.1, 0.15) is 5.69 Å². The van der Waals surface area contributed by atoms with E-state index in [0.717, 1.165) is 25.8 Å². The van der Waals surface area contributed by atoms with Crippen molar-refractivity contribution in [1.29, 1.82) is 0 Å². The topological polar surface area (TPSA) is 72.4 Å². The summed E-state index contributed by atoms with van der Waals surface area (Å²) in [6, 6.07) is 4.84. The Morgan fingerprint density at radius 3 is 2.90 bits per heavy atom. The van der Waals surface area contributed by atoms with Gasteiger partial charge < -0.3 is 10.6 Å². The summed E-state index contributed by atoms with van der Waals surface area (Å²) in [6.07, 6.45) is 3.15. The molecule has 6 heteroatoms. The smallest absolute Gasteiger partial charge is 0.292 e. The van der Waals surface area contributed by atoms with Crippen molar-refractivity contribution in [3.05, 3.63) is 33.3 Å². The minimum atomic E-state index is -0.356. The number of nitro groups is 1. The molecule has 2 rings (SSSR count). The molecule has 0 saturated carbocycles. The second kappa shape index (κ2) is 6.41. The molecule has 2 N–H and O–H groups in total. The quantitative estimate of drug-likeness (QED) is 0.684. The highest BCUT2D eigenvalue weighted by molar-refractivity contribution is 6.31. The van der Waals surface area contributed by atoms with Crippen LogP contribution in [0.15, 0.2) is 18.2 Å². The van der Waals surface area contributed by atoms with Crippen molar-refractivity contribution < 1.29 is 4.92 Å². The zero-order valence-electron chi connectivity index (χ0n) is 11.6. The fourth-order valence-electron chi connectivity index (χ4n) is 2.93. The van der Waals surface area contributed by atoms with Crippen LogP contribution in [0.4, 0.5) is 11.4 Å². The third-order valence-corrected chi connectivity index (χ3v) is 4.35. The van der Waals surface area contributed by atoms with Gasteiger partial charge in [-0.3, -0.25) is 10.1 Å². The maximum atomic E-state index is 11.2. The highest BCUT2D eigenvalue weighted by Gasteiger charge is 2.30. The average molecular weight is 298 g/mol. The Morgan fingerprint density at radius 1 is 1.55 bits per heavy atom. The van der Waals surface area contributed by atoms with Crippen LogP contribution in [0, 0.1) is 16.0 Å². The predicted molar refractivity (Wildman–Crippen MR) is 81.3 cm³/mol. The van der Waals surface area contributed by atoms with Gasteiger partial charge in [-0.05, 0) is 30.9 Å². The standard InChI is InChI=1S/C14H20ClN3O2/c1-2-10-5-6-17(12(7-10)9-16)14-8-11(15)3-4-13(14)18(19)20/h3-4,8,10,12H,2,5-7,9,16H2,1H3. The van der Waals surface area contributed by atoms with Crippen LogP contribution in [-0.2, 0) is 0 Å². The summed E-state index contributed by atoms with van der Waals surface area (Å²) < 4.78 is 0. The van der Waals surface area contributed by atoms with Crippen LogP contribution < -0.4 is 10.6 Å². The lowest BCUT2D eigenvalue weighted by Gasteiger charge is -2.40. The van der Waals surface area contributed by atoms with Crippen LogP contribution in [0.5, 0.6) is 0 Å². The fourth-order valence-corrected chi connectivity index (χ4v) is 3.09. The second-order valence-electron chi connectivity index (χ2n) is 5.27. The van der Waals surface area contributed by atoms with Crippen molar-refractivity contribution in [1.82, 2.24) is 0 Å². The predicted octanol–water partition coefficient (Wildman–Crippen LogP) is 3.20. The highest BCUT2D eigenvalue weighted by atomic mass is 35.5. The Morgan fingerprint density at radius 2 is 2.30 bits per heavy atom. The fraction of sp³-hybridized carbons (Fsp3) is 0.571. The van der Waals surface area contributed by atoms with Gasteiger partial charge >= 0.3 is 0 Å². The summed E-state index contributed by atoms with van der Waals surface area (Å²) in [5.74, 6) is 0.651. The summed E-state index contributed by atoms with van der Waals surface area (Å²) in [4.78, 5) is 12.9. The van der Waals surface area contributed by atoms with E-state index >= 15 is 0 Å². The van der Waals surface area contributed by atoms with E-state index in [2.05, 4.69) is 11.8 Å². The molecule has 0 aromatic heterocycles. The van der Waals surface area contributed by atoms with Gasteiger partial charge in [-0.2, -0.15) is 0 Å². The zero-order valence-corrected chi connectivity index (χ0v) is 12.3. The van der Waals surface area contributed by atoms with Crippen LogP contribution in [0.1, 0.15) is 26.2 Å².